The van der Waals surface area contributed by atoms with E-state index in [4.69, 9.17) is 0 Å². The lowest BCUT2D eigenvalue weighted by atomic mass is 10.1. The smallest absolute Gasteiger partial charge is 0.326 e. The van der Waals surface area contributed by atoms with E-state index in [1.807, 2.05) is 0 Å². The van der Waals surface area contributed by atoms with Crippen LogP contribution in [0, 0.1) is 11.7 Å². The second-order valence-corrected chi connectivity index (χ2v) is 5.92. The molecule has 1 atom stereocenters. The van der Waals surface area contributed by atoms with Crippen LogP contribution in [0.2, 0.25) is 0 Å². The standard InChI is InChI=1S/C18H14F4N2O2/c19-14-6-1-2-7-15(14)24-10-11(8-16(24)25)17(26)23-13-5-3-4-12(9-13)18(20,21)22/h1-7,9,11H,8,10H2,(H,23,26). The maximum absolute atomic E-state index is 13.8. The average Bonchev–Trinajstić information content (AvgIpc) is 2.97. The van der Waals surface area contributed by atoms with Crippen molar-refractivity contribution in [1.82, 2.24) is 0 Å². The summed E-state index contributed by atoms with van der Waals surface area (Å²) < 4.78 is 52.0. The van der Waals surface area contributed by atoms with Gasteiger partial charge in [0.15, 0.2) is 0 Å². The maximum atomic E-state index is 13.8. The fourth-order valence-electron chi connectivity index (χ4n) is 2.80. The molecule has 1 unspecified atom stereocenters. The number of para-hydroxylation sites is 1. The second kappa shape index (κ2) is 6.78. The van der Waals surface area contributed by atoms with Crippen molar-refractivity contribution >= 4 is 23.2 Å². The lowest BCUT2D eigenvalue weighted by molar-refractivity contribution is -0.137. The molecule has 0 aliphatic carbocycles. The van der Waals surface area contributed by atoms with Gasteiger partial charge in [0.05, 0.1) is 17.2 Å². The first-order valence-electron chi connectivity index (χ1n) is 7.79. The molecule has 1 saturated heterocycles. The zero-order valence-corrected chi connectivity index (χ0v) is 13.4. The first-order chi connectivity index (χ1) is 12.3. The van der Waals surface area contributed by atoms with Crippen LogP contribution in [0.3, 0.4) is 0 Å². The van der Waals surface area contributed by atoms with Gasteiger partial charge < -0.3 is 10.2 Å². The summed E-state index contributed by atoms with van der Waals surface area (Å²) in [7, 11) is 0. The number of anilines is 2. The summed E-state index contributed by atoms with van der Waals surface area (Å²) in [6.07, 6.45) is -4.66. The normalized spacial score (nSPS) is 17.5. The van der Waals surface area contributed by atoms with Crippen LogP contribution in [0.15, 0.2) is 48.5 Å². The number of alkyl halides is 3. The fourth-order valence-corrected chi connectivity index (χ4v) is 2.80. The number of nitrogens with zero attached hydrogens (tertiary/aromatic N) is 1. The molecule has 2 aromatic rings. The van der Waals surface area contributed by atoms with Gasteiger partial charge in [-0.1, -0.05) is 18.2 Å². The van der Waals surface area contributed by atoms with E-state index >= 15 is 0 Å². The van der Waals surface area contributed by atoms with Gasteiger partial charge in [-0.3, -0.25) is 9.59 Å². The molecule has 1 aliphatic rings. The Labute approximate surface area is 146 Å². The second-order valence-electron chi connectivity index (χ2n) is 5.92. The van der Waals surface area contributed by atoms with Crippen molar-refractivity contribution in [3.8, 4) is 0 Å². The van der Waals surface area contributed by atoms with E-state index in [9.17, 15) is 27.2 Å². The van der Waals surface area contributed by atoms with Crippen LogP contribution in [-0.2, 0) is 15.8 Å². The van der Waals surface area contributed by atoms with Crippen molar-refractivity contribution in [3.05, 3.63) is 59.9 Å². The van der Waals surface area contributed by atoms with Crippen molar-refractivity contribution in [1.29, 1.82) is 0 Å². The Balaban J connectivity index is 1.72. The number of amides is 2. The highest BCUT2D eigenvalue weighted by atomic mass is 19.4. The Kier molecular flexibility index (Phi) is 4.67. The van der Waals surface area contributed by atoms with E-state index in [-0.39, 0.29) is 24.3 Å². The number of nitrogens with one attached hydrogen (secondary N) is 1. The summed E-state index contributed by atoms with van der Waals surface area (Å²) in [5.74, 6) is -2.37. The molecule has 8 heteroatoms. The number of hydrogen-bond donors (Lipinski definition) is 1. The zero-order chi connectivity index (χ0) is 18.9. The minimum Gasteiger partial charge on any atom is -0.326 e. The van der Waals surface area contributed by atoms with Gasteiger partial charge in [0.2, 0.25) is 11.8 Å². The predicted molar refractivity (Wildman–Crippen MR) is 86.9 cm³/mol. The van der Waals surface area contributed by atoms with Crippen LogP contribution < -0.4 is 10.2 Å². The van der Waals surface area contributed by atoms with Gasteiger partial charge in [-0.05, 0) is 30.3 Å². The predicted octanol–water partition coefficient (Wildman–Crippen LogP) is 3.84. The number of halogens is 4. The Hall–Kier alpha value is -2.90. The van der Waals surface area contributed by atoms with Gasteiger partial charge in [-0.25, -0.2) is 4.39 Å². The third kappa shape index (κ3) is 3.68. The molecule has 2 aromatic carbocycles. The Morgan fingerprint density at radius 2 is 1.85 bits per heavy atom. The average molecular weight is 366 g/mol. The van der Waals surface area contributed by atoms with Crippen molar-refractivity contribution in [3.63, 3.8) is 0 Å². The third-order valence-electron chi connectivity index (χ3n) is 4.10. The van der Waals surface area contributed by atoms with E-state index in [2.05, 4.69) is 5.32 Å². The quantitative estimate of drug-likeness (QED) is 0.840. The van der Waals surface area contributed by atoms with Crippen molar-refractivity contribution in [2.75, 3.05) is 16.8 Å². The van der Waals surface area contributed by atoms with Crippen molar-refractivity contribution in [2.45, 2.75) is 12.6 Å². The molecule has 1 fully saturated rings. The lowest BCUT2D eigenvalue weighted by Gasteiger charge is -2.17. The van der Waals surface area contributed by atoms with E-state index in [0.29, 0.717) is 0 Å². The van der Waals surface area contributed by atoms with Crippen LogP contribution in [0.1, 0.15) is 12.0 Å². The van der Waals surface area contributed by atoms with Gasteiger partial charge in [-0.2, -0.15) is 13.2 Å². The molecule has 2 amide bonds. The number of rotatable bonds is 3. The van der Waals surface area contributed by atoms with Crippen molar-refractivity contribution < 1.29 is 27.2 Å². The molecular weight excluding hydrogens is 352 g/mol. The first kappa shape index (κ1) is 17.9. The van der Waals surface area contributed by atoms with Crippen LogP contribution >= 0.6 is 0 Å². The van der Waals surface area contributed by atoms with Gasteiger partial charge in [-0.15, -0.1) is 0 Å². The highest BCUT2D eigenvalue weighted by Gasteiger charge is 2.36. The molecule has 1 N–H and O–H groups in total. The van der Waals surface area contributed by atoms with Crippen LogP contribution in [0.4, 0.5) is 28.9 Å². The topological polar surface area (TPSA) is 49.4 Å². The van der Waals surface area contributed by atoms with Crippen LogP contribution in [0.25, 0.3) is 0 Å². The van der Waals surface area contributed by atoms with Crippen molar-refractivity contribution in [2.24, 2.45) is 5.92 Å². The minimum atomic E-state index is -4.52. The summed E-state index contributed by atoms with van der Waals surface area (Å²) in [5, 5.41) is 2.39. The SMILES string of the molecule is O=C(Nc1cccc(C(F)(F)F)c1)C1CC(=O)N(c2ccccc2F)C1. The molecular formula is C18H14F4N2O2. The molecule has 0 radical (unpaired) electrons. The number of hydrogen-bond acceptors (Lipinski definition) is 2. The molecule has 0 saturated carbocycles. The largest absolute Gasteiger partial charge is 0.416 e. The molecule has 4 nitrogen and oxygen atoms in total. The van der Waals surface area contributed by atoms with E-state index in [0.717, 1.165) is 12.1 Å². The van der Waals surface area contributed by atoms with E-state index in [1.165, 1.54) is 35.2 Å². The Bertz CT molecular complexity index is 851. The zero-order valence-electron chi connectivity index (χ0n) is 13.4. The Morgan fingerprint density at radius 1 is 1.12 bits per heavy atom. The highest BCUT2D eigenvalue weighted by Crippen LogP contribution is 2.31. The molecule has 1 heterocycles. The Morgan fingerprint density at radius 3 is 2.54 bits per heavy atom. The third-order valence-corrected chi connectivity index (χ3v) is 4.10. The van der Waals surface area contributed by atoms with Crippen LogP contribution in [0.5, 0.6) is 0 Å². The molecule has 0 aromatic heterocycles. The summed E-state index contributed by atoms with van der Waals surface area (Å²) in [6, 6.07) is 9.93. The molecule has 0 bridgehead atoms. The summed E-state index contributed by atoms with van der Waals surface area (Å²) in [5.41, 5.74) is -0.820. The first-order valence-corrected chi connectivity index (χ1v) is 7.79. The highest BCUT2D eigenvalue weighted by molar-refractivity contribution is 6.03. The minimum absolute atomic E-state index is 0.0124. The van der Waals surface area contributed by atoms with E-state index in [1.54, 1.807) is 6.07 Å². The summed E-state index contributed by atoms with van der Waals surface area (Å²) in [6.45, 7) is -0.0371. The van der Waals surface area contributed by atoms with Gasteiger partial charge in [0.25, 0.3) is 0 Å². The summed E-state index contributed by atoms with van der Waals surface area (Å²) in [4.78, 5) is 25.6. The van der Waals surface area contributed by atoms with Gasteiger partial charge in [0.1, 0.15) is 5.82 Å². The van der Waals surface area contributed by atoms with E-state index < -0.39 is 35.3 Å². The number of carbonyl (C=O) groups excluding carboxylic acids is 2. The summed E-state index contributed by atoms with van der Waals surface area (Å²) >= 11 is 0. The van der Waals surface area contributed by atoms with Crippen LogP contribution in [-0.4, -0.2) is 18.4 Å². The molecule has 0 spiro atoms. The molecule has 136 valence electrons. The molecule has 1 aliphatic heterocycles. The monoisotopic (exact) mass is 366 g/mol. The number of carbonyl (C=O) groups is 2. The number of benzene rings is 2. The van der Waals surface area contributed by atoms with Gasteiger partial charge >= 0.3 is 6.18 Å². The molecule has 3 rings (SSSR count). The molecule has 26 heavy (non-hydrogen) atoms. The van der Waals surface area contributed by atoms with Gasteiger partial charge in [0, 0.05) is 18.7 Å². The fraction of sp³-hybridized carbons (Fsp3) is 0.222. The maximum Gasteiger partial charge on any atom is 0.416 e. The lowest BCUT2D eigenvalue weighted by Crippen LogP contribution is -2.28.